The molecule has 0 aromatic heterocycles. The van der Waals surface area contributed by atoms with Crippen LogP contribution in [-0.2, 0) is 16.2 Å². The third kappa shape index (κ3) is 8.36. The lowest BCUT2D eigenvalue weighted by molar-refractivity contribution is 0.554. The van der Waals surface area contributed by atoms with Gasteiger partial charge in [0.1, 0.15) is 5.42 Å². The van der Waals surface area contributed by atoms with Gasteiger partial charge in [-0.2, -0.15) is 0 Å². The quantitative estimate of drug-likeness (QED) is 0.171. The van der Waals surface area contributed by atoms with Crippen LogP contribution in [-0.4, -0.2) is 14.2 Å². The predicted molar refractivity (Wildman–Crippen MR) is 227 cm³/mol. The van der Waals surface area contributed by atoms with Crippen molar-refractivity contribution in [2.75, 3.05) is 9.80 Å². The van der Waals surface area contributed by atoms with Gasteiger partial charge in [0.05, 0.1) is 16.7 Å². The van der Waals surface area contributed by atoms with Crippen molar-refractivity contribution in [3.05, 3.63) is 99.9 Å². The molecular formula is C45H68N2PSi+. The first kappa shape index (κ1) is 39.3. The minimum atomic E-state index is -0.0563. The molecular weight excluding hydrogens is 628 g/mol. The SMILES string of the molecule is CC(C)c1cccc(C(C)C)c1N1C=CN(c2c(C(C)C)cccc2C(C)C)C1=[SiH][PH2+]c1c(C(C)(C)C)cc(C(C)(C)C)cc1C(C)(C)C. The number of benzene rings is 3. The second kappa shape index (κ2) is 14.6. The standard InChI is InChI=1S/C45H67N2PSi/c1-28(2)33-20-18-21-34(29(3)4)39(33)46-24-25-47(40-35(30(5)6)22-19-23-36(40)31(7)8)42(46)49-48-41-37(44(12,13)14)26-32(43(9,10)11)27-38(41)45(15,16)17/h18-31,48-49H,1-17H3/p+1. The number of nitrogens with zero attached hydrogens (tertiary/aromatic N) is 2. The lowest BCUT2D eigenvalue weighted by Crippen LogP contribution is -2.38. The fourth-order valence-electron chi connectivity index (χ4n) is 7.19. The number of anilines is 2. The molecule has 0 radical (unpaired) electrons. The first-order chi connectivity index (χ1) is 22.6. The van der Waals surface area contributed by atoms with Gasteiger partial charge >= 0.3 is 0 Å². The van der Waals surface area contributed by atoms with Crippen LogP contribution in [0.15, 0.2) is 60.9 Å². The van der Waals surface area contributed by atoms with E-state index in [9.17, 15) is 0 Å². The van der Waals surface area contributed by atoms with Crippen LogP contribution >= 0.6 is 8.13 Å². The van der Waals surface area contributed by atoms with E-state index in [1.807, 2.05) is 0 Å². The Labute approximate surface area is 305 Å². The minimum Gasteiger partial charge on any atom is -0.302 e. The van der Waals surface area contributed by atoms with Crippen molar-refractivity contribution in [1.29, 1.82) is 0 Å². The topological polar surface area (TPSA) is 6.48 Å². The zero-order chi connectivity index (χ0) is 36.8. The molecule has 1 aliphatic heterocycles. The van der Waals surface area contributed by atoms with Crippen LogP contribution < -0.4 is 15.1 Å². The average molecular weight is 696 g/mol. The maximum absolute atomic E-state index is 2.63. The lowest BCUT2D eigenvalue weighted by atomic mass is 9.75. The van der Waals surface area contributed by atoms with E-state index < -0.39 is 0 Å². The molecule has 266 valence electrons. The number of para-hydroxylation sites is 2. The summed E-state index contributed by atoms with van der Waals surface area (Å²) in [6.45, 7) is 40.4. The Morgan fingerprint density at radius 3 is 1.10 bits per heavy atom. The summed E-state index contributed by atoms with van der Waals surface area (Å²) < 4.78 is 0. The first-order valence-corrected chi connectivity index (χ1v) is 22.6. The highest BCUT2D eigenvalue weighted by Gasteiger charge is 2.35. The monoisotopic (exact) mass is 695 g/mol. The molecule has 49 heavy (non-hydrogen) atoms. The molecule has 0 saturated heterocycles. The minimum absolute atomic E-state index is 0.00885. The Morgan fingerprint density at radius 1 is 0.510 bits per heavy atom. The van der Waals surface area contributed by atoms with Crippen molar-refractivity contribution in [2.45, 2.75) is 158 Å². The largest absolute Gasteiger partial charge is 0.302 e. The van der Waals surface area contributed by atoms with E-state index in [1.54, 1.807) is 16.4 Å². The van der Waals surface area contributed by atoms with Crippen molar-refractivity contribution >= 4 is 39.0 Å². The summed E-state index contributed by atoms with van der Waals surface area (Å²) in [5.74, 6) is 1.72. The molecule has 4 heteroatoms. The predicted octanol–water partition coefficient (Wildman–Crippen LogP) is 12.0. The van der Waals surface area contributed by atoms with Gasteiger partial charge in [-0.3, -0.25) is 0 Å². The third-order valence-corrected chi connectivity index (χ3v) is 14.5. The number of rotatable bonds is 8. The fraction of sp³-hybridized carbons (Fsp3) is 0.533. The van der Waals surface area contributed by atoms with Crippen LogP contribution in [0.25, 0.3) is 0 Å². The maximum atomic E-state index is 2.63. The van der Waals surface area contributed by atoms with Crippen LogP contribution in [0, 0.1) is 0 Å². The molecule has 0 N–H and O–H groups in total. The fourth-order valence-corrected chi connectivity index (χ4v) is 12.6. The van der Waals surface area contributed by atoms with Gasteiger partial charge in [0.25, 0.3) is 0 Å². The molecule has 3 aromatic rings. The van der Waals surface area contributed by atoms with Crippen molar-refractivity contribution in [3.63, 3.8) is 0 Å². The molecule has 3 aromatic carbocycles. The normalized spacial score (nSPS) is 14.7. The highest BCUT2D eigenvalue weighted by atomic mass is 31.3. The summed E-state index contributed by atoms with van der Waals surface area (Å²) in [6, 6.07) is 19.1. The van der Waals surface area contributed by atoms with E-state index in [0.29, 0.717) is 23.7 Å². The van der Waals surface area contributed by atoms with Gasteiger partial charge in [0.15, 0.2) is 0 Å². The molecule has 0 aliphatic carbocycles. The van der Waals surface area contributed by atoms with Gasteiger partial charge in [0.2, 0.25) is 8.80 Å². The Kier molecular flexibility index (Phi) is 11.7. The van der Waals surface area contributed by atoms with Gasteiger partial charge in [-0.1, -0.05) is 166 Å². The third-order valence-electron chi connectivity index (χ3n) is 10.1. The van der Waals surface area contributed by atoms with E-state index in [4.69, 9.17) is 0 Å². The second-order valence-electron chi connectivity index (χ2n) is 18.7. The Hall–Kier alpha value is -2.48. The van der Waals surface area contributed by atoms with E-state index in [1.165, 1.54) is 44.6 Å². The summed E-state index contributed by atoms with van der Waals surface area (Å²) in [4.78, 5) is 5.26. The first-order valence-electron chi connectivity index (χ1n) is 18.8. The second-order valence-corrected chi connectivity index (χ2v) is 22.4. The Morgan fingerprint density at radius 2 is 0.837 bits per heavy atom. The maximum Gasteiger partial charge on any atom is 0.248 e. The van der Waals surface area contributed by atoms with Gasteiger partial charge in [-0.05, 0) is 78.9 Å². The number of hydrogen-bond acceptors (Lipinski definition) is 2. The zero-order valence-electron chi connectivity index (χ0n) is 34.1. The average Bonchev–Trinajstić information content (AvgIpc) is 3.40. The van der Waals surface area contributed by atoms with Gasteiger partial charge in [0, 0.05) is 20.5 Å². The number of hydrogen-bond donors (Lipinski definition) is 0. The van der Waals surface area contributed by atoms with Gasteiger partial charge in [-0.15, -0.1) is 0 Å². The summed E-state index contributed by atoms with van der Waals surface area (Å²) in [6.07, 6.45) is 4.79. The van der Waals surface area contributed by atoms with E-state index >= 15 is 0 Å². The molecule has 2 nitrogen and oxygen atoms in total. The van der Waals surface area contributed by atoms with Gasteiger partial charge < -0.3 is 9.80 Å². The van der Waals surface area contributed by atoms with Crippen LogP contribution in [0.5, 0.6) is 0 Å². The van der Waals surface area contributed by atoms with E-state index in [2.05, 4.69) is 188 Å². The van der Waals surface area contributed by atoms with Crippen molar-refractivity contribution in [1.82, 2.24) is 0 Å². The molecule has 0 spiro atoms. The zero-order valence-corrected chi connectivity index (χ0v) is 36.4. The van der Waals surface area contributed by atoms with Gasteiger partial charge in [-0.25, -0.2) is 0 Å². The molecule has 1 aliphatic rings. The molecule has 1 heterocycles. The van der Waals surface area contributed by atoms with Crippen LogP contribution in [0.1, 0.15) is 180 Å². The smallest absolute Gasteiger partial charge is 0.248 e. The summed E-state index contributed by atoms with van der Waals surface area (Å²) >= 11 is 0. The van der Waals surface area contributed by atoms with Crippen molar-refractivity contribution in [2.24, 2.45) is 0 Å². The lowest BCUT2D eigenvalue weighted by Gasteiger charge is -2.33. The Bertz CT molecular complexity index is 1540. The molecule has 0 amide bonds. The van der Waals surface area contributed by atoms with E-state index in [-0.39, 0.29) is 33.2 Å². The highest BCUT2D eigenvalue weighted by molar-refractivity contribution is 7.77. The molecule has 1 atom stereocenters. The van der Waals surface area contributed by atoms with Crippen molar-refractivity contribution in [3.8, 4) is 0 Å². The molecule has 0 bridgehead atoms. The van der Waals surface area contributed by atoms with Crippen molar-refractivity contribution < 1.29 is 0 Å². The van der Waals surface area contributed by atoms with Crippen LogP contribution in [0.2, 0.25) is 0 Å². The molecule has 0 saturated carbocycles. The molecule has 4 rings (SSSR count). The van der Waals surface area contributed by atoms with Crippen LogP contribution in [0.3, 0.4) is 0 Å². The highest BCUT2D eigenvalue weighted by Crippen LogP contribution is 2.43. The molecule has 0 fully saturated rings. The Balaban J connectivity index is 2.09. The summed E-state index contributed by atoms with van der Waals surface area (Å²) in [7, 11) is -0.0474. The van der Waals surface area contributed by atoms with Crippen LogP contribution in [0.4, 0.5) is 11.4 Å². The molecule has 1 unspecified atom stereocenters. The summed E-state index contributed by atoms with van der Waals surface area (Å²) in [5, 5.41) is 1.64. The summed E-state index contributed by atoms with van der Waals surface area (Å²) in [5.41, 5.74) is 14.8. The van der Waals surface area contributed by atoms with E-state index in [0.717, 1.165) is 0 Å².